The van der Waals surface area contributed by atoms with Gasteiger partial charge in [-0.15, -0.1) is 0 Å². The molecule has 0 bridgehead atoms. The van der Waals surface area contributed by atoms with E-state index in [0.717, 1.165) is 40.9 Å². The molecule has 24 heavy (non-hydrogen) atoms. The van der Waals surface area contributed by atoms with Crippen molar-refractivity contribution in [1.82, 2.24) is 0 Å². The van der Waals surface area contributed by atoms with E-state index in [1.54, 1.807) is 0 Å². The van der Waals surface area contributed by atoms with Crippen LogP contribution in [-0.4, -0.2) is 44.6 Å². The number of hydrogen-bond acceptors (Lipinski definition) is 3. The average Bonchev–Trinajstić information content (AvgIpc) is 2.57. The van der Waals surface area contributed by atoms with E-state index in [2.05, 4.69) is 36.4 Å². The van der Waals surface area contributed by atoms with Crippen LogP contribution in [0.5, 0.6) is 0 Å². The zero-order valence-corrected chi connectivity index (χ0v) is 14.7. The zero-order chi connectivity index (χ0) is 17.4. The second kappa shape index (κ2) is 8.36. The summed E-state index contributed by atoms with van der Waals surface area (Å²) in [5.41, 5.74) is 8.59. The second-order valence-electron chi connectivity index (χ2n) is 6.72. The molecule has 0 atom stereocenters. The normalized spacial score (nSPS) is 12.7. The third-order valence-corrected chi connectivity index (χ3v) is 3.47. The van der Waals surface area contributed by atoms with Gasteiger partial charge in [0.25, 0.3) is 0 Å². The van der Waals surface area contributed by atoms with Crippen LogP contribution >= 0.6 is 0 Å². The van der Waals surface area contributed by atoms with E-state index in [-0.39, 0.29) is 0 Å². The molecule has 0 aliphatic carbocycles. The largest absolute Gasteiger partial charge is 0.384 e. The molecular weight excluding hydrogens is 298 g/mol. The van der Waals surface area contributed by atoms with Gasteiger partial charge in [0.15, 0.2) is 0 Å². The second-order valence-corrected chi connectivity index (χ2v) is 6.72. The summed E-state index contributed by atoms with van der Waals surface area (Å²) in [7, 11) is 6.53. The van der Waals surface area contributed by atoms with E-state index < -0.39 is 0 Å². The molecule has 0 aliphatic rings. The smallest absolute Gasteiger partial charge is 0.125 e. The molecule has 0 radical (unpaired) electrons. The summed E-state index contributed by atoms with van der Waals surface area (Å²) in [4.78, 5) is 4.45. The number of aliphatic imine (C=N–C) groups is 1. The minimum Gasteiger partial charge on any atom is -0.384 e. The maximum absolute atomic E-state index is 6.05. The quantitative estimate of drug-likeness (QED) is 0.271. The van der Waals surface area contributed by atoms with Crippen molar-refractivity contribution in [3.05, 3.63) is 60.2 Å². The fourth-order valence-electron chi connectivity index (χ4n) is 2.14. The molecule has 0 spiro atoms. The maximum Gasteiger partial charge on any atom is 0.125 e. The number of nitrogens with two attached hydrogens (primary N) is 1. The van der Waals surface area contributed by atoms with Crippen molar-refractivity contribution in [3.63, 3.8) is 0 Å². The first kappa shape index (κ1) is 17.8. The van der Waals surface area contributed by atoms with Crippen LogP contribution < -0.4 is 5.73 Å². The van der Waals surface area contributed by atoms with Crippen LogP contribution in [-0.2, 0) is 0 Å². The van der Waals surface area contributed by atoms with Crippen LogP contribution in [0.25, 0.3) is 0 Å². The van der Waals surface area contributed by atoms with Gasteiger partial charge in [-0.05, 0) is 36.4 Å². The number of rotatable bonds is 7. The SMILES string of the molecule is C[N+](C)(C)CCCN=C(N)c1ccc(N=Nc2ccccc2)cc1. The first-order valence-corrected chi connectivity index (χ1v) is 8.12. The van der Waals surface area contributed by atoms with Gasteiger partial charge in [0.2, 0.25) is 0 Å². The maximum atomic E-state index is 6.05. The molecule has 5 heteroatoms. The molecule has 0 saturated heterocycles. The summed E-state index contributed by atoms with van der Waals surface area (Å²) in [6, 6.07) is 17.3. The summed E-state index contributed by atoms with van der Waals surface area (Å²) in [5.74, 6) is 0.572. The highest BCUT2D eigenvalue weighted by Crippen LogP contribution is 2.18. The Labute approximate surface area is 144 Å². The number of hydrogen-bond donors (Lipinski definition) is 1. The lowest BCUT2D eigenvalue weighted by atomic mass is 10.2. The summed E-state index contributed by atoms with van der Waals surface area (Å²) >= 11 is 0. The van der Waals surface area contributed by atoms with Gasteiger partial charge in [-0.1, -0.05) is 18.2 Å². The number of benzene rings is 2. The monoisotopic (exact) mass is 324 g/mol. The lowest BCUT2D eigenvalue weighted by Crippen LogP contribution is -2.35. The summed E-state index contributed by atoms with van der Waals surface area (Å²) in [5, 5.41) is 8.42. The molecule has 2 rings (SSSR count). The molecule has 0 aromatic heterocycles. The number of nitrogens with zero attached hydrogens (tertiary/aromatic N) is 4. The Kier molecular flexibility index (Phi) is 6.21. The van der Waals surface area contributed by atoms with E-state index in [1.807, 2.05) is 54.6 Å². The lowest BCUT2D eigenvalue weighted by Gasteiger charge is -2.23. The Morgan fingerprint density at radius 2 is 1.46 bits per heavy atom. The fraction of sp³-hybridized carbons (Fsp3) is 0.316. The van der Waals surface area contributed by atoms with E-state index >= 15 is 0 Å². The molecule has 0 aliphatic heterocycles. The van der Waals surface area contributed by atoms with E-state index in [4.69, 9.17) is 5.73 Å². The zero-order valence-electron chi connectivity index (χ0n) is 14.7. The molecule has 2 aromatic rings. The third kappa shape index (κ3) is 6.30. The van der Waals surface area contributed by atoms with Gasteiger partial charge >= 0.3 is 0 Å². The minimum absolute atomic E-state index is 0.572. The van der Waals surface area contributed by atoms with Gasteiger partial charge in [0.05, 0.1) is 39.1 Å². The topological polar surface area (TPSA) is 63.1 Å². The van der Waals surface area contributed by atoms with Gasteiger partial charge in [-0.2, -0.15) is 10.2 Å². The van der Waals surface area contributed by atoms with Crippen LogP contribution in [0.3, 0.4) is 0 Å². The highest BCUT2D eigenvalue weighted by molar-refractivity contribution is 5.97. The highest BCUT2D eigenvalue weighted by atomic mass is 15.3. The molecule has 0 unspecified atom stereocenters. The summed E-state index contributed by atoms with van der Waals surface area (Å²) < 4.78 is 0.941. The predicted octanol–water partition coefficient (Wildman–Crippen LogP) is 3.90. The van der Waals surface area contributed by atoms with Crippen molar-refractivity contribution in [1.29, 1.82) is 0 Å². The van der Waals surface area contributed by atoms with Crippen molar-refractivity contribution < 1.29 is 4.48 Å². The van der Waals surface area contributed by atoms with Crippen LogP contribution in [0.2, 0.25) is 0 Å². The number of quaternary nitrogens is 1. The molecule has 5 nitrogen and oxygen atoms in total. The molecule has 0 heterocycles. The molecule has 126 valence electrons. The van der Waals surface area contributed by atoms with Crippen molar-refractivity contribution >= 4 is 17.2 Å². The van der Waals surface area contributed by atoms with Gasteiger partial charge in [-0.3, -0.25) is 4.99 Å². The van der Waals surface area contributed by atoms with Crippen LogP contribution in [0.15, 0.2) is 69.8 Å². The first-order chi connectivity index (χ1) is 11.4. The van der Waals surface area contributed by atoms with Gasteiger partial charge in [0, 0.05) is 18.5 Å². The van der Waals surface area contributed by atoms with Crippen LogP contribution in [0.4, 0.5) is 11.4 Å². The molecule has 0 saturated carbocycles. The predicted molar refractivity (Wildman–Crippen MR) is 100 cm³/mol. The summed E-state index contributed by atoms with van der Waals surface area (Å²) in [6.07, 6.45) is 1.02. The minimum atomic E-state index is 0.572. The standard InChI is InChI=1S/C19H26N5/c1-24(2,3)15-7-14-21-19(20)16-10-12-18(13-11-16)23-22-17-8-5-4-6-9-17/h4-6,8-13H,7,14-15H2,1-3H3,(H2,20,21)/q+1. The summed E-state index contributed by atoms with van der Waals surface area (Å²) in [6.45, 7) is 1.83. The number of azo groups is 1. The van der Waals surface area contributed by atoms with E-state index in [1.165, 1.54) is 0 Å². The molecule has 2 N–H and O–H groups in total. The van der Waals surface area contributed by atoms with E-state index in [9.17, 15) is 0 Å². The van der Waals surface area contributed by atoms with Crippen LogP contribution in [0.1, 0.15) is 12.0 Å². The van der Waals surface area contributed by atoms with Crippen molar-refractivity contribution in [3.8, 4) is 0 Å². The average molecular weight is 324 g/mol. The van der Waals surface area contributed by atoms with Gasteiger partial charge in [-0.25, -0.2) is 0 Å². The highest BCUT2D eigenvalue weighted by Gasteiger charge is 2.05. The molecule has 2 aromatic carbocycles. The van der Waals surface area contributed by atoms with Crippen molar-refractivity contribution in [2.75, 3.05) is 34.2 Å². The molecule has 0 amide bonds. The van der Waals surface area contributed by atoms with Crippen LogP contribution in [0, 0.1) is 0 Å². The van der Waals surface area contributed by atoms with Crippen molar-refractivity contribution in [2.45, 2.75) is 6.42 Å². The Hall–Kier alpha value is -2.53. The Morgan fingerprint density at radius 3 is 2.04 bits per heavy atom. The molecular formula is C19H26N5+. The van der Waals surface area contributed by atoms with E-state index in [0.29, 0.717) is 5.84 Å². The first-order valence-electron chi connectivity index (χ1n) is 8.12. The molecule has 0 fully saturated rings. The van der Waals surface area contributed by atoms with Gasteiger partial charge in [0.1, 0.15) is 5.84 Å². The van der Waals surface area contributed by atoms with Crippen molar-refractivity contribution in [2.24, 2.45) is 21.0 Å². The Balaban J connectivity index is 1.92. The third-order valence-electron chi connectivity index (χ3n) is 3.47. The fourth-order valence-corrected chi connectivity index (χ4v) is 2.14. The Morgan fingerprint density at radius 1 is 0.875 bits per heavy atom. The Bertz CT molecular complexity index is 682. The van der Waals surface area contributed by atoms with Gasteiger partial charge < -0.3 is 10.2 Å². The lowest BCUT2D eigenvalue weighted by molar-refractivity contribution is -0.870. The number of amidine groups is 1.